The lowest BCUT2D eigenvalue weighted by Gasteiger charge is -2.21. The van der Waals surface area contributed by atoms with Crippen LogP contribution in [0.4, 0.5) is 0 Å². The van der Waals surface area contributed by atoms with E-state index in [0.717, 1.165) is 25.1 Å². The molecule has 0 saturated heterocycles. The largest absolute Gasteiger partial charge is 0.476 e. The fourth-order valence-corrected chi connectivity index (χ4v) is 2.48. The summed E-state index contributed by atoms with van der Waals surface area (Å²) in [5.74, 6) is 0.778. The van der Waals surface area contributed by atoms with Gasteiger partial charge in [0, 0.05) is 6.54 Å². The number of carbonyl (C=O) groups is 1. The topological polar surface area (TPSA) is 68.3 Å². The Balaban J connectivity index is 2.17. The molecule has 3 rings (SSSR count). The van der Waals surface area contributed by atoms with Gasteiger partial charge in [0.15, 0.2) is 17.3 Å². The highest BCUT2D eigenvalue weighted by molar-refractivity contribution is 5.87. The molecule has 1 atom stereocenters. The van der Waals surface area contributed by atoms with Gasteiger partial charge in [0.2, 0.25) is 0 Å². The van der Waals surface area contributed by atoms with Crippen molar-refractivity contribution < 1.29 is 14.3 Å². The molecular weight excluding hydrogens is 232 g/mol. The standard InChI is InChI=1S/C13H14N2O3/c1-8-4-5-15-9(7-8)11(13(16)17)14-12(15)10-3-2-6-18-10/h2-3,6,8H,4-5,7H2,1H3,(H,16,17). The van der Waals surface area contributed by atoms with Crippen LogP contribution in [0.1, 0.15) is 29.5 Å². The predicted octanol–water partition coefficient (Wildman–Crippen LogP) is 2.42. The fraction of sp³-hybridized carbons (Fsp3) is 0.385. The maximum absolute atomic E-state index is 11.3. The number of carboxylic acid groups (broad SMARTS) is 1. The number of hydrogen-bond acceptors (Lipinski definition) is 3. The fourth-order valence-electron chi connectivity index (χ4n) is 2.48. The maximum Gasteiger partial charge on any atom is 0.356 e. The van der Waals surface area contributed by atoms with E-state index in [0.29, 0.717) is 17.5 Å². The first kappa shape index (κ1) is 11.1. The summed E-state index contributed by atoms with van der Waals surface area (Å²) in [6.07, 6.45) is 3.37. The Kier molecular flexibility index (Phi) is 2.47. The number of aromatic nitrogens is 2. The summed E-state index contributed by atoms with van der Waals surface area (Å²) in [5, 5.41) is 9.23. The Hall–Kier alpha value is -2.04. The minimum absolute atomic E-state index is 0.160. The van der Waals surface area contributed by atoms with Crippen molar-refractivity contribution in [2.75, 3.05) is 0 Å². The molecule has 0 fully saturated rings. The number of imidazole rings is 1. The summed E-state index contributed by atoms with van der Waals surface area (Å²) in [6.45, 7) is 2.93. The minimum atomic E-state index is -0.967. The van der Waals surface area contributed by atoms with Crippen LogP contribution in [-0.2, 0) is 13.0 Å². The van der Waals surface area contributed by atoms with Gasteiger partial charge in [-0.1, -0.05) is 6.92 Å². The zero-order valence-corrected chi connectivity index (χ0v) is 10.1. The second-order valence-electron chi connectivity index (χ2n) is 4.76. The number of fused-ring (bicyclic) bond motifs is 1. The molecule has 94 valence electrons. The Morgan fingerprint density at radius 3 is 3.11 bits per heavy atom. The van der Waals surface area contributed by atoms with Crippen LogP contribution in [0.15, 0.2) is 22.8 Å². The van der Waals surface area contributed by atoms with Crippen LogP contribution < -0.4 is 0 Å². The Morgan fingerprint density at radius 1 is 1.61 bits per heavy atom. The molecule has 1 N–H and O–H groups in total. The first-order valence-corrected chi connectivity index (χ1v) is 6.03. The van der Waals surface area contributed by atoms with Gasteiger partial charge in [0.05, 0.1) is 12.0 Å². The lowest BCUT2D eigenvalue weighted by molar-refractivity contribution is 0.0689. The van der Waals surface area contributed by atoms with E-state index in [4.69, 9.17) is 4.42 Å². The Labute approximate surface area is 104 Å². The number of furan rings is 1. The lowest BCUT2D eigenvalue weighted by Crippen LogP contribution is -2.19. The SMILES string of the molecule is CC1CCn2c(-c3ccco3)nc(C(=O)O)c2C1. The van der Waals surface area contributed by atoms with E-state index in [1.807, 2.05) is 4.57 Å². The molecule has 18 heavy (non-hydrogen) atoms. The molecule has 1 aliphatic heterocycles. The van der Waals surface area contributed by atoms with E-state index >= 15 is 0 Å². The second kappa shape index (κ2) is 4.01. The van der Waals surface area contributed by atoms with Crippen LogP contribution in [0.5, 0.6) is 0 Å². The highest BCUT2D eigenvalue weighted by Crippen LogP contribution is 2.29. The lowest BCUT2D eigenvalue weighted by atomic mass is 9.97. The normalized spacial score (nSPS) is 18.6. The Bertz CT molecular complexity index is 584. The smallest absolute Gasteiger partial charge is 0.356 e. The van der Waals surface area contributed by atoms with E-state index in [-0.39, 0.29) is 5.69 Å². The van der Waals surface area contributed by atoms with Gasteiger partial charge in [0.25, 0.3) is 0 Å². The van der Waals surface area contributed by atoms with Crippen molar-refractivity contribution in [1.29, 1.82) is 0 Å². The van der Waals surface area contributed by atoms with E-state index in [9.17, 15) is 9.90 Å². The van der Waals surface area contributed by atoms with E-state index in [1.54, 1.807) is 18.4 Å². The van der Waals surface area contributed by atoms with Gasteiger partial charge in [-0.25, -0.2) is 9.78 Å². The zero-order valence-electron chi connectivity index (χ0n) is 10.1. The summed E-state index contributed by atoms with van der Waals surface area (Å²) in [7, 11) is 0. The first-order chi connectivity index (χ1) is 8.66. The molecule has 1 unspecified atom stereocenters. The molecule has 1 aliphatic rings. The van der Waals surface area contributed by atoms with Gasteiger partial charge < -0.3 is 14.1 Å². The number of nitrogens with zero attached hydrogens (tertiary/aromatic N) is 2. The van der Waals surface area contributed by atoms with Gasteiger partial charge in [-0.05, 0) is 30.9 Å². The number of hydrogen-bond donors (Lipinski definition) is 1. The van der Waals surface area contributed by atoms with Crippen molar-refractivity contribution in [3.8, 4) is 11.6 Å². The van der Waals surface area contributed by atoms with Crippen LogP contribution in [0, 0.1) is 5.92 Å². The molecule has 2 aromatic heterocycles. The Morgan fingerprint density at radius 2 is 2.44 bits per heavy atom. The second-order valence-corrected chi connectivity index (χ2v) is 4.76. The quantitative estimate of drug-likeness (QED) is 0.883. The summed E-state index contributed by atoms with van der Waals surface area (Å²) in [5.41, 5.74) is 0.973. The van der Waals surface area contributed by atoms with Crippen LogP contribution >= 0.6 is 0 Å². The van der Waals surface area contributed by atoms with Crippen LogP contribution in [0.25, 0.3) is 11.6 Å². The molecule has 0 radical (unpaired) electrons. The average Bonchev–Trinajstić information content (AvgIpc) is 2.93. The monoisotopic (exact) mass is 246 g/mol. The van der Waals surface area contributed by atoms with Crippen LogP contribution in [-0.4, -0.2) is 20.6 Å². The average molecular weight is 246 g/mol. The highest BCUT2D eigenvalue weighted by Gasteiger charge is 2.27. The maximum atomic E-state index is 11.3. The third-order valence-corrected chi connectivity index (χ3v) is 3.40. The van der Waals surface area contributed by atoms with Crippen molar-refractivity contribution in [2.24, 2.45) is 5.92 Å². The molecule has 3 heterocycles. The van der Waals surface area contributed by atoms with Gasteiger partial charge in [-0.15, -0.1) is 0 Å². The van der Waals surface area contributed by atoms with Crippen molar-refractivity contribution in [1.82, 2.24) is 9.55 Å². The minimum Gasteiger partial charge on any atom is -0.476 e. The third kappa shape index (κ3) is 1.63. The molecule has 0 saturated carbocycles. The van der Waals surface area contributed by atoms with Crippen LogP contribution in [0.3, 0.4) is 0 Å². The third-order valence-electron chi connectivity index (χ3n) is 3.40. The molecular formula is C13H14N2O3. The van der Waals surface area contributed by atoms with Crippen molar-refractivity contribution in [3.05, 3.63) is 29.8 Å². The molecule has 5 nitrogen and oxygen atoms in total. The molecule has 0 aliphatic carbocycles. The van der Waals surface area contributed by atoms with Gasteiger partial charge in [-0.2, -0.15) is 0 Å². The van der Waals surface area contributed by atoms with Gasteiger partial charge in [0.1, 0.15) is 0 Å². The summed E-state index contributed by atoms with van der Waals surface area (Å²) < 4.78 is 7.30. The number of carboxylic acids is 1. The molecule has 0 spiro atoms. The van der Waals surface area contributed by atoms with E-state index in [1.165, 1.54) is 0 Å². The highest BCUT2D eigenvalue weighted by atomic mass is 16.4. The van der Waals surface area contributed by atoms with Gasteiger partial charge in [-0.3, -0.25) is 0 Å². The van der Waals surface area contributed by atoms with Crippen molar-refractivity contribution in [3.63, 3.8) is 0 Å². The van der Waals surface area contributed by atoms with Crippen LogP contribution in [0.2, 0.25) is 0 Å². The molecule has 5 heteroatoms. The molecule has 0 bridgehead atoms. The van der Waals surface area contributed by atoms with E-state index in [2.05, 4.69) is 11.9 Å². The number of aromatic carboxylic acids is 1. The summed E-state index contributed by atoms with van der Waals surface area (Å²) in [6, 6.07) is 3.59. The first-order valence-electron chi connectivity index (χ1n) is 6.03. The zero-order chi connectivity index (χ0) is 12.7. The molecule has 0 amide bonds. The summed E-state index contributed by atoms with van der Waals surface area (Å²) >= 11 is 0. The van der Waals surface area contributed by atoms with Crippen molar-refractivity contribution >= 4 is 5.97 Å². The molecule has 2 aromatic rings. The van der Waals surface area contributed by atoms with E-state index < -0.39 is 5.97 Å². The van der Waals surface area contributed by atoms with Crippen molar-refractivity contribution in [2.45, 2.75) is 26.3 Å². The molecule has 0 aromatic carbocycles. The number of rotatable bonds is 2. The summed E-state index contributed by atoms with van der Waals surface area (Å²) in [4.78, 5) is 15.5. The van der Waals surface area contributed by atoms with Gasteiger partial charge >= 0.3 is 5.97 Å². The predicted molar refractivity (Wildman–Crippen MR) is 64.4 cm³/mol.